The molecule has 0 aromatic carbocycles. The van der Waals surface area contributed by atoms with Crippen LogP contribution in [0.1, 0.15) is 48.0 Å². The summed E-state index contributed by atoms with van der Waals surface area (Å²) in [6, 6.07) is 0. The lowest BCUT2D eigenvalue weighted by Gasteiger charge is -2.49. The predicted octanol–water partition coefficient (Wildman–Crippen LogP) is 0.499. The first-order chi connectivity index (χ1) is 16.6. The quantitative estimate of drug-likeness (QED) is 0.237. The molecule has 0 saturated carbocycles. The van der Waals surface area contributed by atoms with Crippen LogP contribution in [-0.2, 0) is 42.9 Å². The van der Waals surface area contributed by atoms with Crippen LogP contribution >= 0.6 is 0 Å². The summed E-state index contributed by atoms with van der Waals surface area (Å²) in [5, 5.41) is 23.2. The Labute approximate surface area is 208 Å². The second kappa shape index (κ2) is 8.67. The van der Waals surface area contributed by atoms with E-state index < -0.39 is 83.0 Å². The second-order valence-corrected chi connectivity index (χ2v) is 10.3. The van der Waals surface area contributed by atoms with Crippen LogP contribution in [0.15, 0.2) is 23.8 Å². The minimum absolute atomic E-state index is 0.0552. The summed E-state index contributed by atoms with van der Waals surface area (Å²) in [7, 11) is 0. The van der Waals surface area contributed by atoms with Crippen molar-refractivity contribution in [3.8, 4) is 0 Å². The van der Waals surface area contributed by atoms with Crippen LogP contribution in [0.5, 0.6) is 0 Å². The van der Waals surface area contributed by atoms with Crippen molar-refractivity contribution >= 4 is 23.9 Å². The SMILES string of the molecule is CC(=O)O[C@H]1C=CC2[C@@H](O)C[C@@H](OC(C)=O)/C(C)=C/[C@@H]3OC(=O)[C@]4(C)O[C@]34[C@@H](OC(C)=O)[C@H]2[C@@]1(C)O. The zero-order chi connectivity index (χ0) is 26.8. The topological polar surface area (TPSA) is 158 Å². The van der Waals surface area contributed by atoms with E-state index in [0.717, 1.165) is 0 Å². The molecular formula is C25H32O11. The van der Waals surface area contributed by atoms with Gasteiger partial charge in [0.15, 0.2) is 17.3 Å². The van der Waals surface area contributed by atoms with Gasteiger partial charge < -0.3 is 33.9 Å². The van der Waals surface area contributed by atoms with E-state index >= 15 is 0 Å². The van der Waals surface area contributed by atoms with Crippen molar-refractivity contribution in [1.82, 2.24) is 0 Å². The summed E-state index contributed by atoms with van der Waals surface area (Å²) >= 11 is 0. The van der Waals surface area contributed by atoms with Crippen LogP contribution < -0.4 is 0 Å². The highest BCUT2D eigenvalue weighted by Crippen LogP contribution is 2.63. The fourth-order valence-electron chi connectivity index (χ4n) is 6.00. The van der Waals surface area contributed by atoms with Crippen molar-refractivity contribution in [3.05, 3.63) is 23.8 Å². The molecule has 198 valence electrons. The van der Waals surface area contributed by atoms with Gasteiger partial charge in [-0.05, 0) is 38.5 Å². The molecule has 2 heterocycles. The predicted molar refractivity (Wildman–Crippen MR) is 120 cm³/mol. The van der Waals surface area contributed by atoms with Crippen molar-refractivity contribution in [3.63, 3.8) is 0 Å². The molecule has 4 rings (SSSR count). The third-order valence-electron chi connectivity index (χ3n) is 7.76. The van der Waals surface area contributed by atoms with Crippen LogP contribution in [0.3, 0.4) is 0 Å². The van der Waals surface area contributed by atoms with Gasteiger partial charge in [-0.25, -0.2) is 4.79 Å². The number of aliphatic hydroxyl groups excluding tert-OH is 1. The van der Waals surface area contributed by atoms with E-state index in [-0.39, 0.29) is 6.42 Å². The molecular weight excluding hydrogens is 476 g/mol. The van der Waals surface area contributed by atoms with E-state index in [9.17, 15) is 29.4 Å². The van der Waals surface area contributed by atoms with Crippen LogP contribution in [0, 0.1) is 11.8 Å². The van der Waals surface area contributed by atoms with E-state index in [4.69, 9.17) is 23.7 Å². The highest BCUT2D eigenvalue weighted by Gasteiger charge is 2.87. The van der Waals surface area contributed by atoms with Gasteiger partial charge >= 0.3 is 23.9 Å². The van der Waals surface area contributed by atoms with Crippen molar-refractivity contribution < 1.29 is 53.1 Å². The van der Waals surface area contributed by atoms with E-state index in [1.807, 2.05) is 0 Å². The Hall–Kier alpha value is -2.76. The molecule has 4 aliphatic rings. The maximum absolute atomic E-state index is 12.9. The molecule has 11 heteroatoms. The highest BCUT2D eigenvalue weighted by atomic mass is 16.7. The summed E-state index contributed by atoms with van der Waals surface area (Å²) < 4.78 is 28.2. The van der Waals surface area contributed by atoms with Gasteiger partial charge in [0, 0.05) is 39.0 Å². The number of aliphatic hydroxyl groups is 2. The van der Waals surface area contributed by atoms with Gasteiger partial charge in [0.1, 0.15) is 23.9 Å². The number of carbonyl (C=O) groups excluding carboxylic acids is 4. The number of carbonyl (C=O) groups is 4. The number of hydrogen-bond donors (Lipinski definition) is 2. The molecule has 1 unspecified atom stereocenters. The molecule has 2 aliphatic carbocycles. The summed E-state index contributed by atoms with van der Waals surface area (Å²) in [5.41, 5.74) is -4.42. The second-order valence-electron chi connectivity index (χ2n) is 10.3. The molecule has 11 nitrogen and oxygen atoms in total. The number of hydrogen-bond acceptors (Lipinski definition) is 11. The standard InChI is InChI=1S/C25H32O11/c1-11-9-19-25(24(6,36-25)22(30)35-19)21(34-14(4)28)20-15(16(29)10-17(11)32-12(2)26)7-8-18(23(20,5)31)33-13(3)27/h7-9,15-21,29,31H,10H2,1-6H3/b11-9+/t15?,16-,17+,18-,19-,20-,21-,23-,24-,25-/m0/s1. The average molecular weight is 509 g/mol. The number of epoxide rings is 1. The first-order valence-corrected chi connectivity index (χ1v) is 11.8. The van der Waals surface area contributed by atoms with Crippen LogP contribution in [0.25, 0.3) is 0 Å². The minimum Gasteiger partial charge on any atom is -0.459 e. The molecule has 0 amide bonds. The van der Waals surface area contributed by atoms with Gasteiger partial charge in [-0.15, -0.1) is 0 Å². The van der Waals surface area contributed by atoms with Gasteiger partial charge in [0.2, 0.25) is 0 Å². The fraction of sp³-hybridized carbons (Fsp3) is 0.680. The smallest absolute Gasteiger partial charge is 0.342 e. The largest absolute Gasteiger partial charge is 0.459 e. The Kier molecular flexibility index (Phi) is 6.34. The van der Waals surface area contributed by atoms with Crippen LogP contribution in [0.2, 0.25) is 0 Å². The third-order valence-corrected chi connectivity index (χ3v) is 7.76. The maximum Gasteiger partial charge on any atom is 0.342 e. The van der Waals surface area contributed by atoms with Crippen molar-refractivity contribution in [2.75, 3.05) is 0 Å². The van der Waals surface area contributed by atoms with Gasteiger partial charge in [-0.2, -0.15) is 0 Å². The Morgan fingerprint density at radius 3 is 2.19 bits per heavy atom. The van der Waals surface area contributed by atoms with Gasteiger partial charge in [-0.3, -0.25) is 14.4 Å². The highest BCUT2D eigenvalue weighted by molar-refractivity contribution is 5.89. The molecule has 1 spiro atoms. The van der Waals surface area contributed by atoms with Crippen molar-refractivity contribution in [2.24, 2.45) is 11.8 Å². The number of fused-ring (bicyclic) bond motifs is 1. The average Bonchev–Trinajstić information content (AvgIpc) is 3.33. The first kappa shape index (κ1) is 26.3. The number of ether oxygens (including phenoxy) is 5. The number of esters is 4. The van der Waals surface area contributed by atoms with E-state index in [0.29, 0.717) is 5.57 Å². The van der Waals surface area contributed by atoms with Crippen molar-refractivity contribution in [2.45, 2.75) is 95.3 Å². The van der Waals surface area contributed by atoms with E-state index in [1.54, 1.807) is 19.1 Å². The lowest BCUT2D eigenvalue weighted by Crippen LogP contribution is -2.63. The molecule has 0 aromatic heterocycles. The van der Waals surface area contributed by atoms with Gasteiger partial charge in [-0.1, -0.05) is 6.08 Å². The zero-order valence-electron chi connectivity index (χ0n) is 21.0. The molecule has 2 saturated heterocycles. The fourth-order valence-corrected chi connectivity index (χ4v) is 6.00. The monoisotopic (exact) mass is 508 g/mol. The summed E-state index contributed by atoms with van der Waals surface area (Å²) in [4.78, 5) is 48.8. The van der Waals surface area contributed by atoms with Crippen LogP contribution in [-0.4, -0.2) is 81.4 Å². The molecule has 0 aromatic rings. The molecule has 2 aliphatic heterocycles. The minimum atomic E-state index is -1.88. The molecule has 0 radical (unpaired) electrons. The Balaban J connectivity index is 1.93. The zero-order valence-corrected chi connectivity index (χ0v) is 21.0. The molecule has 10 atom stereocenters. The summed E-state index contributed by atoms with van der Waals surface area (Å²) in [6.45, 7) is 8.20. The molecule has 2 N–H and O–H groups in total. The summed E-state index contributed by atoms with van der Waals surface area (Å²) in [5.74, 6) is -4.60. The maximum atomic E-state index is 12.9. The van der Waals surface area contributed by atoms with Crippen LogP contribution in [0.4, 0.5) is 0 Å². The normalized spacial score (nSPS) is 46.6. The van der Waals surface area contributed by atoms with E-state index in [2.05, 4.69) is 0 Å². The summed E-state index contributed by atoms with van der Waals surface area (Å²) in [6.07, 6.45) is -1.01. The lowest BCUT2D eigenvalue weighted by molar-refractivity contribution is -0.201. The Morgan fingerprint density at radius 1 is 1.03 bits per heavy atom. The molecule has 2 fully saturated rings. The first-order valence-electron chi connectivity index (χ1n) is 11.8. The Morgan fingerprint density at radius 2 is 1.64 bits per heavy atom. The third kappa shape index (κ3) is 3.93. The number of rotatable bonds is 3. The van der Waals surface area contributed by atoms with E-state index in [1.165, 1.54) is 40.7 Å². The molecule has 36 heavy (non-hydrogen) atoms. The van der Waals surface area contributed by atoms with Gasteiger partial charge in [0.25, 0.3) is 0 Å². The lowest BCUT2D eigenvalue weighted by atomic mass is 9.62. The Bertz CT molecular complexity index is 1040. The van der Waals surface area contributed by atoms with Crippen molar-refractivity contribution in [1.29, 1.82) is 0 Å². The van der Waals surface area contributed by atoms with Gasteiger partial charge in [0.05, 0.1) is 6.10 Å². The molecule has 0 bridgehead atoms.